The lowest BCUT2D eigenvalue weighted by molar-refractivity contribution is -0.123. The lowest BCUT2D eigenvalue weighted by Gasteiger charge is -2.29. The highest BCUT2D eigenvalue weighted by Gasteiger charge is 2.27. The standard InChI is InChI=1S/C13H16O2/c1-2-15-9-12(14)8-11-7-10-5-3-4-6-13(10)11/h3-6,11H,2,7-9H2,1H3. The van der Waals surface area contributed by atoms with Gasteiger partial charge in [0.05, 0.1) is 0 Å². The number of hydrogen-bond acceptors (Lipinski definition) is 2. The highest BCUT2D eigenvalue weighted by atomic mass is 16.5. The quantitative estimate of drug-likeness (QED) is 0.735. The molecule has 2 nitrogen and oxygen atoms in total. The molecular formula is C13H16O2. The number of hydrogen-bond donors (Lipinski definition) is 0. The lowest BCUT2D eigenvalue weighted by atomic mass is 9.75. The number of ether oxygens (including phenoxy) is 1. The maximum atomic E-state index is 11.5. The molecule has 0 saturated carbocycles. The normalized spacial score (nSPS) is 18.1. The fraction of sp³-hybridized carbons (Fsp3) is 0.462. The molecule has 0 radical (unpaired) electrons. The van der Waals surface area contributed by atoms with Crippen molar-refractivity contribution in [2.45, 2.75) is 25.7 Å². The van der Waals surface area contributed by atoms with E-state index in [9.17, 15) is 4.79 Å². The molecule has 0 spiro atoms. The van der Waals surface area contributed by atoms with Crippen molar-refractivity contribution in [3.63, 3.8) is 0 Å². The molecule has 0 fully saturated rings. The maximum absolute atomic E-state index is 11.5. The van der Waals surface area contributed by atoms with E-state index in [1.807, 2.05) is 13.0 Å². The summed E-state index contributed by atoms with van der Waals surface area (Å²) in [6.45, 7) is 2.80. The molecule has 15 heavy (non-hydrogen) atoms. The number of benzene rings is 1. The van der Waals surface area contributed by atoms with Crippen molar-refractivity contribution in [3.05, 3.63) is 35.4 Å². The minimum Gasteiger partial charge on any atom is -0.374 e. The van der Waals surface area contributed by atoms with Crippen LogP contribution >= 0.6 is 0 Å². The summed E-state index contributed by atoms with van der Waals surface area (Å²) >= 11 is 0. The van der Waals surface area contributed by atoms with Gasteiger partial charge in [-0.2, -0.15) is 0 Å². The van der Waals surface area contributed by atoms with Gasteiger partial charge in [-0.3, -0.25) is 4.79 Å². The molecule has 0 amide bonds. The predicted octanol–water partition coefficient (Wildman–Crippen LogP) is 2.32. The molecule has 0 N–H and O–H groups in total. The Morgan fingerprint density at radius 3 is 3.00 bits per heavy atom. The van der Waals surface area contributed by atoms with Crippen LogP contribution in [0.4, 0.5) is 0 Å². The van der Waals surface area contributed by atoms with Gasteiger partial charge in [0.2, 0.25) is 0 Å². The Morgan fingerprint density at radius 2 is 2.27 bits per heavy atom. The molecular weight excluding hydrogens is 188 g/mol. The van der Waals surface area contributed by atoms with E-state index >= 15 is 0 Å². The van der Waals surface area contributed by atoms with Gasteiger partial charge >= 0.3 is 0 Å². The van der Waals surface area contributed by atoms with Crippen molar-refractivity contribution in [2.24, 2.45) is 0 Å². The highest BCUT2D eigenvalue weighted by Crippen LogP contribution is 2.37. The second-order valence-corrected chi connectivity index (χ2v) is 3.98. The Balaban J connectivity index is 1.87. The summed E-state index contributed by atoms with van der Waals surface area (Å²) in [5.74, 6) is 0.658. The molecule has 1 unspecified atom stereocenters. The van der Waals surface area contributed by atoms with Gasteiger partial charge in [-0.25, -0.2) is 0 Å². The first-order chi connectivity index (χ1) is 7.31. The molecule has 80 valence electrons. The van der Waals surface area contributed by atoms with Crippen molar-refractivity contribution in [3.8, 4) is 0 Å². The molecule has 0 heterocycles. The van der Waals surface area contributed by atoms with Crippen LogP contribution in [0.3, 0.4) is 0 Å². The smallest absolute Gasteiger partial charge is 0.159 e. The van der Waals surface area contributed by atoms with Gasteiger partial charge in [0, 0.05) is 13.0 Å². The van der Waals surface area contributed by atoms with Crippen LogP contribution in [0, 0.1) is 0 Å². The lowest BCUT2D eigenvalue weighted by Crippen LogP contribution is -2.22. The number of rotatable bonds is 5. The van der Waals surface area contributed by atoms with E-state index in [2.05, 4.69) is 18.2 Å². The van der Waals surface area contributed by atoms with Gasteiger partial charge in [-0.15, -0.1) is 0 Å². The van der Waals surface area contributed by atoms with Crippen LogP contribution in [-0.2, 0) is 16.0 Å². The number of carbonyl (C=O) groups excluding carboxylic acids is 1. The third kappa shape index (κ3) is 2.26. The zero-order valence-electron chi connectivity index (χ0n) is 9.03. The Morgan fingerprint density at radius 1 is 1.47 bits per heavy atom. The predicted molar refractivity (Wildman–Crippen MR) is 59.0 cm³/mol. The van der Waals surface area contributed by atoms with Crippen molar-refractivity contribution >= 4 is 5.78 Å². The molecule has 0 bridgehead atoms. The van der Waals surface area contributed by atoms with Gasteiger partial charge in [0.1, 0.15) is 6.61 Å². The second-order valence-electron chi connectivity index (χ2n) is 3.98. The van der Waals surface area contributed by atoms with E-state index in [0.717, 1.165) is 6.42 Å². The summed E-state index contributed by atoms with van der Waals surface area (Å²) in [6.07, 6.45) is 1.69. The van der Waals surface area contributed by atoms with Crippen LogP contribution in [0.5, 0.6) is 0 Å². The van der Waals surface area contributed by atoms with Gasteiger partial charge in [0.15, 0.2) is 5.78 Å². The topological polar surface area (TPSA) is 26.3 Å². The van der Waals surface area contributed by atoms with E-state index in [0.29, 0.717) is 18.9 Å². The zero-order chi connectivity index (χ0) is 10.7. The largest absolute Gasteiger partial charge is 0.374 e. The fourth-order valence-electron chi connectivity index (χ4n) is 2.09. The fourth-order valence-corrected chi connectivity index (χ4v) is 2.09. The number of carbonyl (C=O) groups is 1. The number of Topliss-reactive ketones (excluding diaryl/α,β-unsaturated/α-hetero) is 1. The van der Waals surface area contributed by atoms with Crippen molar-refractivity contribution < 1.29 is 9.53 Å². The molecule has 1 aliphatic rings. The van der Waals surface area contributed by atoms with Crippen molar-refractivity contribution in [1.82, 2.24) is 0 Å². The molecule has 2 heteroatoms. The maximum Gasteiger partial charge on any atom is 0.159 e. The van der Waals surface area contributed by atoms with Crippen LogP contribution in [0.15, 0.2) is 24.3 Å². The van der Waals surface area contributed by atoms with Gasteiger partial charge < -0.3 is 4.74 Å². The van der Waals surface area contributed by atoms with Crippen LogP contribution < -0.4 is 0 Å². The molecule has 0 aromatic heterocycles. The minimum absolute atomic E-state index is 0.219. The SMILES string of the molecule is CCOCC(=O)CC1Cc2ccccc21. The Labute approximate surface area is 90.3 Å². The van der Waals surface area contributed by atoms with Gasteiger partial charge in [-0.05, 0) is 30.4 Å². The average molecular weight is 204 g/mol. The first kappa shape index (κ1) is 10.4. The summed E-state index contributed by atoms with van der Waals surface area (Å²) in [4.78, 5) is 11.5. The third-order valence-corrected chi connectivity index (χ3v) is 2.90. The Bertz CT molecular complexity index is 357. The van der Waals surface area contributed by atoms with Gasteiger partial charge in [-0.1, -0.05) is 24.3 Å². The number of fused-ring (bicyclic) bond motifs is 1. The van der Waals surface area contributed by atoms with Crippen LogP contribution in [0.25, 0.3) is 0 Å². The van der Waals surface area contributed by atoms with Crippen molar-refractivity contribution in [1.29, 1.82) is 0 Å². The summed E-state index contributed by atoms with van der Waals surface area (Å²) in [5, 5.41) is 0. The first-order valence-corrected chi connectivity index (χ1v) is 5.48. The molecule has 0 saturated heterocycles. The van der Waals surface area contributed by atoms with E-state index in [-0.39, 0.29) is 12.4 Å². The summed E-state index contributed by atoms with van der Waals surface area (Å²) in [7, 11) is 0. The first-order valence-electron chi connectivity index (χ1n) is 5.48. The second kappa shape index (κ2) is 4.58. The third-order valence-electron chi connectivity index (χ3n) is 2.90. The van der Waals surface area contributed by atoms with Crippen LogP contribution in [0.2, 0.25) is 0 Å². The Kier molecular flexibility index (Phi) is 3.17. The Hall–Kier alpha value is -1.15. The molecule has 0 aliphatic heterocycles. The molecule has 1 atom stereocenters. The monoisotopic (exact) mass is 204 g/mol. The van der Waals surface area contributed by atoms with E-state index < -0.39 is 0 Å². The van der Waals surface area contributed by atoms with Crippen molar-refractivity contribution in [2.75, 3.05) is 13.2 Å². The van der Waals surface area contributed by atoms with E-state index in [1.54, 1.807) is 0 Å². The average Bonchev–Trinajstić information content (AvgIpc) is 2.23. The van der Waals surface area contributed by atoms with Crippen LogP contribution in [-0.4, -0.2) is 19.0 Å². The molecule has 1 aliphatic carbocycles. The summed E-state index contributed by atoms with van der Waals surface area (Å²) in [6, 6.07) is 8.35. The zero-order valence-corrected chi connectivity index (χ0v) is 9.03. The van der Waals surface area contributed by atoms with E-state index in [4.69, 9.17) is 4.74 Å². The molecule has 2 rings (SSSR count). The summed E-state index contributed by atoms with van der Waals surface area (Å²) in [5.41, 5.74) is 2.74. The molecule has 1 aromatic rings. The summed E-state index contributed by atoms with van der Waals surface area (Å²) < 4.78 is 5.10. The highest BCUT2D eigenvalue weighted by molar-refractivity contribution is 5.81. The van der Waals surface area contributed by atoms with Crippen LogP contribution in [0.1, 0.15) is 30.4 Å². The minimum atomic E-state index is 0.219. The molecule has 1 aromatic carbocycles. The number of ketones is 1. The van der Waals surface area contributed by atoms with E-state index in [1.165, 1.54) is 11.1 Å². The van der Waals surface area contributed by atoms with Gasteiger partial charge in [0.25, 0.3) is 0 Å².